The second-order valence-electron chi connectivity index (χ2n) is 9.39. The quantitative estimate of drug-likeness (QED) is 0.495. The molecular weight excluding hydrogens is 284 g/mol. The van der Waals surface area contributed by atoms with E-state index in [2.05, 4.69) is 20.4 Å². The summed E-state index contributed by atoms with van der Waals surface area (Å²) in [5, 5.41) is 0. The number of hydrogen-bond donors (Lipinski definition) is 0. The maximum Gasteiger partial charge on any atom is 0.302 e. The first kappa shape index (κ1) is 15.7. The van der Waals surface area contributed by atoms with Crippen LogP contribution in [0.2, 0.25) is 0 Å². The van der Waals surface area contributed by atoms with Crippen LogP contribution in [-0.2, 0) is 9.53 Å². The highest BCUT2D eigenvalue weighted by Gasteiger charge is 2.61. The molecule has 0 saturated heterocycles. The van der Waals surface area contributed by atoms with E-state index in [4.69, 9.17) is 4.74 Å². The van der Waals surface area contributed by atoms with Gasteiger partial charge in [-0.05, 0) is 80.5 Å². The molecule has 4 fully saturated rings. The van der Waals surface area contributed by atoms with Gasteiger partial charge < -0.3 is 4.74 Å². The maximum atomic E-state index is 11.5. The predicted octanol–water partition coefficient (Wildman–Crippen LogP) is 5.13. The van der Waals surface area contributed by atoms with Crippen molar-refractivity contribution in [3.8, 4) is 0 Å². The third-order valence-corrected chi connectivity index (χ3v) is 8.57. The van der Waals surface area contributed by atoms with Gasteiger partial charge in [-0.1, -0.05) is 26.0 Å². The van der Waals surface area contributed by atoms with Gasteiger partial charge in [0.05, 0.1) is 0 Å². The minimum absolute atomic E-state index is 0.0956. The molecule has 7 atom stereocenters. The summed E-state index contributed by atoms with van der Waals surface area (Å²) in [6, 6.07) is 0. The van der Waals surface area contributed by atoms with E-state index in [1.54, 1.807) is 6.92 Å². The topological polar surface area (TPSA) is 26.3 Å². The molecule has 23 heavy (non-hydrogen) atoms. The molecule has 4 aliphatic carbocycles. The Kier molecular flexibility index (Phi) is 3.49. The Morgan fingerprint density at radius 3 is 2.52 bits per heavy atom. The molecule has 4 aliphatic rings. The smallest absolute Gasteiger partial charge is 0.302 e. The highest BCUT2D eigenvalue weighted by molar-refractivity contribution is 5.66. The minimum Gasteiger partial charge on any atom is -0.462 e. The molecule has 0 bridgehead atoms. The lowest BCUT2D eigenvalue weighted by molar-refractivity contribution is -0.158. The Bertz CT molecular complexity index is 538. The van der Waals surface area contributed by atoms with Crippen LogP contribution in [0.3, 0.4) is 0 Å². The molecule has 4 saturated carbocycles. The molecule has 2 heteroatoms. The van der Waals surface area contributed by atoms with E-state index in [-0.39, 0.29) is 17.5 Å². The summed E-state index contributed by atoms with van der Waals surface area (Å²) in [5.74, 6) is 3.16. The molecule has 0 amide bonds. The van der Waals surface area contributed by atoms with Gasteiger partial charge in [0.1, 0.15) is 6.10 Å². The van der Waals surface area contributed by atoms with Crippen molar-refractivity contribution >= 4 is 5.97 Å². The van der Waals surface area contributed by atoms with E-state index in [1.807, 2.05) is 0 Å². The monoisotopic (exact) mass is 316 g/mol. The molecule has 0 heterocycles. The molecule has 0 N–H and O–H groups in total. The lowest BCUT2D eigenvalue weighted by Crippen LogP contribution is -2.51. The highest BCUT2D eigenvalue weighted by atomic mass is 16.5. The van der Waals surface area contributed by atoms with Gasteiger partial charge >= 0.3 is 5.97 Å². The van der Waals surface area contributed by atoms with Gasteiger partial charge in [-0.15, -0.1) is 0 Å². The van der Waals surface area contributed by atoms with Crippen LogP contribution in [0.25, 0.3) is 0 Å². The SMILES string of the molecule is C=C1CC[C@@]2(C)[C@H]1CC[C@@H]1[C@@H]2CC[C@]2(C)[C@@H](OC(C)=O)CC[C@@H]12. The van der Waals surface area contributed by atoms with Crippen LogP contribution < -0.4 is 0 Å². The number of ether oxygens (including phenoxy) is 1. The van der Waals surface area contributed by atoms with Gasteiger partial charge in [0.25, 0.3) is 0 Å². The lowest BCUT2D eigenvalue weighted by atomic mass is 9.48. The van der Waals surface area contributed by atoms with Crippen LogP contribution in [0.15, 0.2) is 12.2 Å². The standard InChI is InChI=1S/C21H32O2/c1-13-9-11-20(3)16(13)6-5-15-17-7-8-19(23-14(2)22)21(17,4)12-10-18(15)20/h15-19H,1,5-12H2,2-4H3/t15-,16-,17-,18-,19-,20-,21-/m0/s1. The Morgan fingerprint density at radius 1 is 1.04 bits per heavy atom. The fraction of sp³-hybridized carbons (Fsp3) is 0.857. The van der Waals surface area contributed by atoms with Crippen molar-refractivity contribution in [1.29, 1.82) is 0 Å². The highest BCUT2D eigenvalue weighted by Crippen LogP contribution is 2.67. The molecule has 128 valence electrons. The molecule has 0 spiro atoms. The number of fused-ring (bicyclic) bond motifs is 5. The molecule has 0 unspecified atom stereocenters. The van der Waals surface area contributed by atoms with Crippen LogP contribution in [-0.4, -0.2) is 12.1 Å². The fourth-order valence-electron chi connectivity index (χ4n) is 7.44. The zero-order valence-electron chi connectivity index (χ0n) is 15.1. The summed E-state index contributed by atoms with van der Waals surface area (Å²) >= 11 is 0. The third kappa shape index (κ3) is 2.09. The number of esters is 1. The summed E-state index contributed by atoms with van der Waals surface area (Å²) in [4.78, 5) is 11.5. The Hall–Kier alpha value is -0.790. The summed E-state index contributed by atoms with van der Waals surface area (Å²) < 4.78 is 5.74. The molecule has 0 radical (unpaired) electrons. The van der Waals surface area contributed by atoms with Crippen molar-refractivity contribution in [2.24, 2.45) is 34.5 Å². The summed E-state index contributed by atoms with van der Waals surface area (Å²) in [6.07, 6.45) is 10.4. The van der Waals surface area contributed by atoms with Crippen molar-refractivity contribution < 1.29 is 9.53 Å². The fourth-order valence-corrected chi connectivity index (χ4v) is 7.44. The van der Waals surface area contributed by atoms with Crippen molar-refractivity contribution in [3.05, 3.63) is 12.2 Å². The normalized spacial score (nSPS) is 51.8. The van der Waals surface area contributed by atoms with Crippen molar-refractivity contribution in [2.75, 3.05) is 0 Å². The average molecular weight is 316 g/mol. The molecule has 0 aliphatic heterocycles. The van der Waals surface area contributed by atoms with Crippen LogP contribution in [0.4, 0.5) is 0 Å². The largest absolute Gasteiger partial charge is 0.462 e. The van der Waals surface area contributed by atoms with Gasteiger partial charge in [-0.3, -0.25) is 4.79 Å². The molecule has 0 aromatic carbocycles. The molecule has 4 rings (SSSR count). The van der Waals surface area contributed by atoms with Gasteiger partial charge in [0.15, 0.2) is 0 Å². The average Bonchev–Trinajstić information content (AvgIpc) is 2.97. The maximum absolute atomic E-state index is 11.5. The van der Waals surface area contributed by atoms with E-state index in [0.717, 1.165) is 30.1 Å². The van der Waals surface area contributed by atoms with Crippen LogP contribution >= 0.6 is 0 Å². The van der Waals surface area contributed by atoms with Gasteiger partial charge in [-0.25, -0.2) is 0 Å². The second-order valence-corrected chi connectivity index (χ2v) is 9.39. The first-order valence-corrected chi connectivity index (χ1v) is 9.71. The number of allylic oxidation sites excluding steroid dienone is 1. The van der Waals surface area contributed by atoms with E-state index >= 15 is 0 Å². The predicted molar refractivity (Wildman–Crippen MR) is 91.8 cm³/mol. The van der Waals surface area contributed by atoms with Crippen molar-refractivity contribution in [2.45, 2.75) is 78.2 Å². The van der Waals surface area contributed by atoms with E-state index in [1.165, 1.54) is 50.5 Å². The molecule has 2 nitrogen and oxygen atoms in total. The van der Waals surface area contributed by atoms with E-state index < -0.39 is 0 Å². The van der Waals surface area contributed by atoms with Crippen molar-refractivity contribution in [1.82, 2.24) is 0 Å². The van der Waals surface area contributed by atoms with Crippen LogP contribution in [0.5, 0.6) is 0 Å². The van der Waals surface area contributed by atoms with Crippen LogP contribution in [0.1, 0.15) is 72.1 Å². The number of rotatable bonds is 1. The number of carbonyl (C=O) groups excluding carboxylic acids is 1. The lowest BCUT2D eigenvalue weighted by Gasteiger charge is -2.57. The number of carbonyl (C=O) groups is 1. The molecule has 0 aromatic heterocycles. The summed E-state index contributed by atoms with van der Waals surface area (Å²) in [7, 11) is 0. The van der Waals surface area contributed by atoms with E-state index in [0.29, 0.717) is 5.41 Å². The third-order valence-electron chi connectivity index (χ3n) is 8.57. The van der Waals surface area contributed by atoms with Crippen LogP contribution in [0, 0.1) is 34.5 Å². The van der Waals surface area contributed by atoms with Gasteiger partial charge in [0, 0.05) is 12.3 Å². The first-order chi connectivity index (χ1) is 10.9. The zero-order valence-corrected chi connectivity index (χ0v) is 15.1. The summed E-state index contributed by atoms with van der Waals surface area (Å²) in [6.45, 7) is 10.9. The van der Waals surface area contributed by atoms with Crippen molar-refractivity contribution in [3.63, 3.8) is 0 Å². The van der Waals surface area contributed by atoms with Gasteiger partial charge in [-0.2, -0.15) is 0 Å². The summed E-state index contributed by atoms with van der Waals surface area (Å²) in [5.41, 5.74) is 2.26. The number of hydrogen-bond acceptors (Lipinski definition) is 2. The Morgan fingerprint density at radius 2 is 1.78 bits per heavy atom. The first-order valence-electron chi connectivity index (χ1n) is 9.71. The zero-order chi connectivity index (χ0) is 16.4. The second kappa shape index (κ2) is 5.10. The van der Waals surface area contributed by atoms with E-state index in [9.17, 15) is 4.79 Å². The molecular formula is C21H32O2. The molecule has 0 aromatic rings. The Balaban J connectivity index is 1.61. The van der Waals surface area contributed by atoms with Gasteiger partial charge in [0.2, 0.25) is 0 Å². The minimum atomic E-state index is -0.0956. The Labute approximate surface area is 141 Å².